The summed E-state index contributed by atoms with van der Waals surface area (Å²) in [5.41, 5.74) is 5.00. The van der Waals surface area contributed by atoms with Crippen LogP contribution in [0.1, 0.15) is 93.5 Å². The van der Waals surface area contributed by atoms with Gasteiger partial charge in [0, 0.05) is 29.5 Å². The predicted octanol–water partition coefficient (Wildman–Crippen LogP) is 10.0. The molecule has 62 heavy (non-hydrogen) atoms. The van der Waals surface area contributed by atoms with E-state index in [1.165, 1.54) is 52.2 Å². The highest BCUT2D eigenvalue weighted by Gasteiger charge is 2.52. The fraction of sp³-hybridized carbons (Fsp3) is 0.333. The number of Topliss-reactive ketones (excluding diaryl/α,β-unsaturated/α-hetero) is 2. The zero-order valence-corrected chi connectivity index (χ0v) is 38.1. The van der Waals surface area contributed by atoms with Crippen molar-refractivity contribution >= 4 is 57.6 Å². The largest absolute Gasteiger partial charge is 0.497 e. The third kappa shape index (κ3) is 10.3. The Hall–Kier alpha value is -5.44. The first-order valence-corrected chi connectivity index (χ1v) is 20.7. The van der Waals surface area contributed by atoms with Gasteiger partial charge >= 0.3 is 19.1 Å². The highest BCUT2D eigenvalue weighted by atomic mass is 79.9. The van der Waals surface area contributed by atoms with Crippen LogP contribution in [0.4, 0.5) is 8.78 Å². The van der Waals surface area contributed by atoms with E-state index >= 15 is 0 Å². The van der Waals surface area contributed by atoms with E-state index in [0.29, 0.717) is 80.7 Å². The molecule has 4 aromatic carbocycles. The van der Waals surface area contributed by atoms with Crippen molar-refractivity contribution in [2.75, 3.05) is 28.4 Å². The SMILES string of the molecule is CC1=C(Br)C(=O)CC1.COC(=O)c1ccc(-c2cc(OC)ccc2F)c(B2OC(C)(C)C(C)(C)O2)c1.COC(=O)c1ccc(-c2cc(OC)ccc2F)c(C2=C(C)CCC2=O)c1. The molecule has 4 aromatic rings. The first kappa shape index (κ1) is 47.6. The summed E-state index contributed by atoms with van der Waals surface area (Å²) >= 11 is 3.20. The van der Waals surface area contributed by atoms with Gasteiger partial charge in [0.25, 0.3) is 0 Å². The van der Waals surface area contributed by atoms with Crippen molar-refractivity contribution in [1.82, 2.24) is 0 Å². The number of halogens is 3. The topological polar surface area (TPSA) is 124 Å². The van der Waals surface area contributed by atoms with Crippen LogP contribution < -0.4 is 14.9 Å². The molecule has 0 amide bonds. The average molecular weight is 916 g/mol. The summed E-state index contributed by atoms with van der Waals surface area (Å²) in [6.45, 7) is 11.6. The summed E-state index contributed by atoms with van der Waals surface area (Å²) in [7, 11) is 4.86. The summed E-state index contributed by atoms with van der Waals surface area (Å²) in [6, 6.07) is 18.6. The minimum Gasteiger partial charge on any atom is -0.497 e. The average Bonchev–Trinajstić information content (AvgIpc) is 3.84. The normalized spacial score (nSPS) is 16.4. The van der Waals surface area contributed by atoms with Gasteiger partial charge in [0.1, 0.15) is 23.1 Å². The molecule has 2 aliphatic carbocycles. The monoisotopic (exact) mass is 914 g/mol. The second-order valence-corrected chi connectivity index (χ2v) is 16.7. The van der Waals surface area contributed by atoms with Crippen LogP contribution in [0.3, 0.4) is 0 Å². The number of ketones is 2. The molecular formula is C48H50BBrF2O10. The van der Waals surface area contributed by atoms with Crippen LogP contribution in [0.2, 0.25) is 0 Å². The lowest BCUT2D eigenvalue weighted by atomic mass is 9.73. The maximum Gasteiger partial charge on any atom is 0.495 e. The van der Waals surface area contributed by atoms with Gasteiger partial charge in [-0.05, 0) is 153 Å². The van der Waals surface area contributed by atoms with Crippen LogP contribution in [0.5, 0.6) is 11.5 Å². The van der Waals surface area contributed by atoms with Gasteiger partial charge in [0.2, 0.25) is 0 Å². The lowest BCUT2D eigenvalue weighted by Crippen LogP contribution is -2.41. The Morgan fingerprint density at radius 1 is 0.597 bits per heavy atom. The Balaban J connectivity index is 0.000000199. The molecule has 0 aromatic heterocycles. The van der Waals surface area contributed by atoms with Crippen LogP contribution in [0.15, 0.2) is 88.4 Å². The van der Waals surface area contributed by atoms with Crippen molar-refractivity contribution < 1.29 is 56.2 Å². The van der Waals surface area contributed by atoms with Crippen LogP contribution in [-0.2, 0) is 28.4 Å². The maximum atomic E-state index is 14.7. The molecule has 1 fully saturated rings. The van der Waals surface area contributed by atoms with Crippen molar-refractivity contribution in [3.05, 3.63) is 117 Å². The molecule has 1 heterocycles. The van der Waals surface area contributed by atoms with E-state index in [9.17, 15) is 28.0 Å². The van der Waals surface area contributed by atoms with Crippen LogP contribution in [0, 0.1) is 11.6 Å². The van der Waals surface area contributed by atoms with E-state index in [2.05, 4.69) is 15.9 Å². The summed E-state index contributed by atoms with van der Waals surface area (Å²) in [4.78, 5) is 47.1. The minimum atomic E-state index is -0.768. The van der Waals surface area contributed by atoms with Gasteiger partial charge in [0.15, 0.2) is 11.6 Å². The fourth-order valence-corrected chi connectivity index (χ4v) is 7.45. The van der Waals surface area contributed by atoms with E-state index in [4.69, 9.17) is 28.3 Å². The van der Waals surface area contributed by atoms with Crippen molar-refractivity contribution in [2.24, 2.45) is 0 Å². The molecule has 7 rings (SSSR count). The van der Waals surface area contributed by atoms with Crippen molar-refractivity contribution in [1.29, 1.82) is 0 Å². The molecule has 14 heteroatoms. The molecule has 326 valence electrons. The molecule has 3 aliphatic rings. The molecule has 0 unspecified atom stereocenters. The Morgan fingerprint density at radius 3 is 1.48 bits per heavy atom. The van der Waals surface area contributed by atoms with Crippen LogP contribution in [0.25, 0.3) is 27.8 Å². The van der Waals surface area contributed by atoms with Crippen molar-refractivity contribution in [3.8, 4) is 33.8 Å². The van der Waals surface area contributed by atoms with Gasteiger partial charge in [-0.15, -0.1) is 0 Å². The first-order chi connectivity index (χ1) is 29.3. The summed E-state index contributed by atoms with van der Waals surface area (Å²) in [6.07, 6.45) is 2.73. The second-order valence-electron chi connectivity index (χ2n) is 15.9. The number of allylic oxidation sites excluding steroid dienone is 4. The summed E-state index contributed by atoms with van der Waals surface area (Å²) < 4.78 is 62.3. The predicted molar refractivity (Wildman–Crippen MR) is 238 cm³/mol. The van der Waals surface area contributed by atoms with E-state index < -0.39 is 41.9 Å². The van der Waals surface area contributed by atoms with Gasteiger partial charge in [-0.25, -0.2) is 18.4 Å². The standard InChI is InChI=1S/C21H24BFO5.C21H19FO4.C6H7BrO/c1-20(2)21(3,4)28-22(27-20)17-11-13(19(24)26-6)7-9-15(17)16-12-14(25-5)8-10-18(16)23;1-12-4-9-19(23)20(12)17-10-13(21(24)26-3)5-7-15(17)16-11-14(25-2)6-8-18(16)22;1-4-2-3-5(8)6(4)7/h7-12H,1-6H3;5-8,10-11H,4,9H2,1-3H3;2-3H2,1H3. The molecule has 0 bridgehead atoms. The third-order valence-corrected chi connectivity index (χ3v) is 12.5. The molecule has 0 saturated carbocycles. The smallest absolute Gasteiger partial charge is 0.495 e. The Kier molecular flexibility index (Phi) is 15.2. The highest BCUT2D eigenvalue weighted by molar-refractivity contribution is 9.12. The number of hydrogen-bond acceptors (Lipinski definition) is 10. The van der Waals surface area contributed by atoms with Gasteiger partial charge in [-0.3, -0.25) is 9.59 Å². The lowest BCUT2D eigenvalue weighted by Gasteiger charge is -2.32. The van der Waals surface area contributed by atoms with E-state index in [1.807, 2.05) is 41.5 Å². The fourth-order valence-electron chi connectivity index (χ4n) is 7.05. The number of carbonyl (C=O) groups excluding carboxylic acids is 4. The number of hydrogen-bond donors (Lipinski definition) is 0. The van der Waals surface area contributed by atoms with Crippen molar-refractivity contribution in [2.45, 2.75) is 78.4 Å². The van der Waals surface area contributed by atoms with E-state index in [1.54, 1.807) is 54.6 Å². The number of ether oxygens (including phenoxy) is 4. The van der Waals surface area contributed by atoms with Gasteiger partial charge in [0.05, 0.1) is 55.3 Å². The van der Waals surface area contributed by atoms with Gasteiger partial charge in [-0.2, -0.15) is 0 Å². The van der Waals surface area contributed by atoms with E-state index in [-0.39, 0.29) is 11.6 Å². The van der Waals surface area contributed by atoms with Crippen molar-refractivity contribution in [3.63, 3.8) is 0 Å². The second kappa shape index (κ2) is 19.7. The zero-order valence-electron chi connectivity index (χ0n) is 36.6. The number of carbonyl (C=O) groups is 4. The molecule has 1 aliphatic heterocycles. The number of rotatable bonds is 8. The summed E-state index contributed by atoms with van der Waals surface area (Å²) in [5.74, 6) is -0.563. The number of benzene rings is 4. The molecule has 1 saturated heterocycles. The molecule has 0 spiro atoms. The third-order valence-electron chi connectivity index (χ3n) is 11.4. The van der Waals surface area contributed by atoms with Crippen LogP contribution in [-0.4, -0.2) is 70.3 Å². The molecular weight excluding hydrogens is 865 g/mol. The maximum absolute atomic E-state index is 14.7. The molecule has 0 radical (unpaired) electrons. The minimum absolute atomic E-state index is 0.00549. The molecule has 10 nitrogen and oxygen atoms in total. The van der Waals surface area contributed by atoms with E-state index in [0.717, 1.165) is 16.5 Å². The number of esters is 2. The lowest BCUT2D eigenvalue weighted by molar-refractivity contribution is -0.114. The summed E-state index contributed by atoms with van der Waals surface area (Å²) in [5, 5.41) is 0. The van der Waals surface area contributed by atoms with Gasteiger partial charge < -0.3 is 28.3 Å². The number of methoxy groups -OCH3 is 4. The highest BCUT2D eigenvalue weighted by Crippen LogP contribution is 2.40. The Labute approximate surface area is 369 Å². The first-order valence-electron chi connectivity index (χ1n) is 19.9. The zero-order chi connectivity index (χ0) is 45.7. The quantitative estimate of drug-likeness (QED) is 0.125. The Morgan fingerprint density at radius 2 is 1.06 bits per heavy atom. The van der Waals surface area contributed by atoms with Crippen LogP contribution >= 0.6 is 15.9 Å². The van der Waals surface area contributed by atoms with Gasteiger partial charge in [-0.1, -0.05) is 23.3 Å². The molecule has 0 atom stereocenters. The molecule has 0 N–H and O–H groups in total. The Bertz CT molecular complexity index is 2460.